The van der Waals surface area contributed by atoms with Crippen molar-refractivity contribution in [2.45, 2.75) is 19.8 Å². The number of benzene rings is 1. The van der Waals surface area contributed by atoms with Crippen LogP contribution in [-0.2, 0) is 0 Å². The van der Waals surface area contributed by atoms with E-state index in [2.05, 4.69) is 15.5 Å². The molecule has 0 aliphatic rings. The Balaban J connectivity index is 0.00000220. The number of carbonyl (C=O) groups is 1. The molecule has 1 amide bonds. The summed E-state index contributed by atoms with van der Waals surface area (Å²) < 4.78 is 5.13. The van der Waals surface area contributed by atoms with Gasteiger partial charge >= 0.3 is 0 Å². The molecule has 0 radical (unpaired) electrons. The van der Waals surface area contributed by atoms with E-state index in [1.807, 2.05) is 12.1 Å². The normalized spacial score (nSPS) is 10.0. The van der Waals surface area contributed by atoms with E-state index >= 15 is 0 Å². The van der Waals surface area contributed by atoms with Gasteiger partial charge in [0.1, 0.15) is 0 Å². The molecular weight excluding hydrogens is 292 g/mol. The van der Waals surface area contributed by atoms with Gasteiger partial charge in [-0.25, -0.2) is 0 Å². The van der Waals surface area contributed by atoms with Crippen molar-refractivity contribution >= 4 is 18.3 Å². The number of aromatic nitrogens is 2. The van der Waals surface area contributed by atoms with Crippen LogP contribution in [0.3, 0.4) is 0 Å². The SMILES string of the molecule is Cc1noc(-c2ccccc2C(=O)NCCCCN)n1.Cl. The maximum Gasteiger partial charge on any atom is 0.258 e. The van der Waals surface area contributed by atoms with E-state index in [-0.39, 0.29) is 18.3 Å². The Morgan fingerprint density at radius 3 is 2.76 bits per heavy atom. The number of unbranched alkanes of at least 4 members (excludes halogenated alkanes) is 1. The van der Waals surface area contributed by atoms with Crippen molar-refractivity contribution in [1.29, 1.82) is 0 Å². The quantitative estimate of drug-likeness (QED) is 0.795. The number of carbonyl (C=O) groups excluding carboxylic acids is 1. The van der Waals surface area contributed by atoms with E-state index in [1.54, 1.807) is 19.1 Å². The molecule has 0 saturated heterocycles. The van der Waals surface area contributed by atoms with Crippen LogP contribution < -0.4 is 11.1 Å². The van der Waals surface area contributed by atoms with Crippen molar-refractivity contribution < 1.29 is 9.32 Å². The smallest absolute Gasteiger partial charge is 0.258 e. The minimum Gasteiger partial charge on any atom is -0.352 e. The highest BCUT2D eigenvalue weighted by Gasteiger charge is 2.16. The van der Waals surface area contributed by atoms with E-state index in [1.165, 1.54) is 0 Å². The van der Waals surface area contributed by atoms with Gasteiger partial charge < -0.3 is 15.6 Å². The van der Waals surface area contributed by atoms with Gasteiger partial charge in [-0.3, -0.25) is 4.79 Å². The second kappa shape index (κ2) is 8.39. The average Bonchev–Trinajstić information content (AvgIpc) is 2.90. The van der Waals surface area contributed by atoms with Gasteiger partial charge in [-0.05, 0) is 38.4 Å². The molecule has 1 aromatic carbocycles. The largest absolute Gasteiger partial charge is 0.352 e. The summed E-state index contributed by atoms with van der Waals surface area (Å²) in [6, 6.07) is 7.18. The van der Waals surface area contributed by atoms with Gasteiger partial charge in [0.2, 0.25) is 0 Å². The number of amides is 1. The molecule has 0 atom stereocenters. The maximum absolute atomic E-state index is 12.2. The van der Waals surface area contributed by atoms with Gasteiger partial charge in [0, 0.05) is 6.54 Å². The summed E-state index contributed by atoms with van der Waals surface area (Å²) >= 11 is 0. The summed E-state index contributed by atoms with van der Waals surface area (Å²) in [5, 5.41) is 6.61. The number of halogens is 1. The molecule has 114 valence electrons. The first-order chi connectivity index (χ1) is 9.72. The lowest BCUT2D eigenvalue weighted by Crippen LogP contribution is -2.25. The van der Waals surface area contributed by atoms with Crippen molar-refractivity contribution in [3.05, 3.63) is 35.7 Å². The lowest BCUT2D eigenvalue weighted by Gasteiger charge is -2.07. The number of nitrogens with one attached hydrogen (secondary N) is 1. The maximum atomic E-state index is 12.2. The monoisotopic (exact) mass is 310 g/mol. The van der Waals surface area contributed by atoms with Crippen LogP contribution >= 0.6 is 12.4 Å². The molecule has 7 heteroatoms. The average molecular weight is 311 g/mol. The Labute approximate surface area is 129 Å². The lowest BCUT2D eigenvalue weighted by atomic mass is 10.1. The highest BCUT2D eigenvalue weighted by molar-refractivity contribution is 5.99. The first-order valence-corrected chi connectivity index (χ1v) is 6.60. The zero-order valence-corrected chi connectivity index (χ0v) is 12.7. The molecule has 0 unspecified atom stereocenters. The highest BCUT2D eigenvalue weighted by atomic mass is 35.5. The third-order valence-corrected chi connectivity index (χ3v) is 2.85. The third-order valence-electron chi connectivity index (χ3n) is 2.85. The zero-order valence-electron chi connectivity index (χ0n) is 11.8. The summed E-state index contributed by atoms with van der Waals surface area (Å²) in [4.78, 5) is 16.3. The molecule has 21 heavy (non-hydrogen) atoms. The second-order valence-electron chi connectivity index (χ2n) is 4.44. The summed E-state index contributed by atoms with van der Waals surface area (Å²) in [6.07, 6.45) is 1.76. The minimum absolute atomic E-state index is 0. The Morgan fingerprint density at radius 2 is 2.10 bits per heavy atom. The fraction of sp³-hybridized carbons (Fsp3) is 0.357. The number of hydrogen-bond donors (Lipinski definition) is 2. The summed E-state index contributed by atoms with van der Waals surface area (Å²) in [6.45, 7) is 2.98. The van der Waals surface area contributed by atoms with Crippen molar-refractivity contribution in [2.75, 3.05) is 13.1 Å². The molecule has 1 aromatic heterocycles. The molecule has 2 aromatic rings. The molecule has 6 nitrogen and oxygen atoms in total. The van der Waals surface area contributed by atoms with Crippen LogP contribution in [0, 0.1) is 6.92 Å². The molecule has 3 N–H and O–H groups in total. The zero-order chi connectivity index (χ0) is 14.4. The fourth-order valence-corrected chi connectivity index (χ4v) is 1.84. The van der Waals surface area contributed by atoms with Crippen molar-refractivity contribution in [3.8, 4) is 11.5 Å². The number of aryl methyl sites for hydroxylation is 1. The lowest BCUT2D eigenvalue weighted by molar-refractivity contribution is 0.0953. The van der Waals surface area contributed by atoms with Crippen LogP contribution in [0.4, 0.5) is 0 Å². The molecular formula is C14H19ClN4O2. The predicted octanol–water partition coefficient (Wildman–Crippen LogP) is 1.94. The van der Waals surface area contributed by atoms with Crippen LogP contribution in [-0.4, -0.2) is 29.1 Å². The molecule has 0 fully saturated rings. The standard InChI is InChI=1S/C14H18N4O2.ClH/c1-10-17-14(20-18-10)12-7-3-2-6-11(12)13(19)16-9-5-4-8-15;/h2-3,6-7H,4-5,8-9,15H2,1H3,(H,16,19);1H. The van der Waals surface area contributed by atoms with Crippen LogP contribution in [0.2, 0.25) is 0 Å². The van der Waals surface area contributed by atoms with E-state index in [9.17, 15) is 4.79 Å². The first-order valence-electron chi connectivity index (χ1n) is 6.60. The number of nitrogens with two attached hydrogens (primary N) is 1. The minimum atomic E-state index is -0.145. The molecule has 0 aliphatic heterocycles. The van der Waals surface area contributed by atoms with Gasteiger partial charge in [0.25, 0.3) is 11.8 Å². The van der Waals surface area contributed by atoms with Gasteiger partial charge in [-0.1, -0.05) is 17.3 Å². The van der Waals surface area contributed by atoms with Crippen LogP contribution in [0.1, 0.15) is 29.0 Å². The van der Waals surface area contributed by atoms with Crippen LogP contribution in [0.15, 0.2) is 28.8 Å². The summed E-state index contributed by atoms with van der Waals surface area (Å²) in [5.41, 5.74) is 6.59. The van der Waals surface area contributed by atoms with Gasteiger partial charge in [-0.15, -0.1) is 12.4 Å². The molecule has 0 saturated carbocycles. The van der Waals surface area contributed by atoms with E-state index in [0.717, 1.165) is 12.8 Å². The van der Waals surface area contributed by atoms with E-state index < -0.39 is 0 Å². The number of hydrogen-bond acceptors (Lipinski definition) is 5. The van der Waals surface area contributed by atoms with Gasteiger partial charge in [0.05, 0.1) is 11.1 Å². The Kier molecular flexibility index (Phi) is 6.84. The predicted molar refractivity (Wildman–Crippen MR) is 82.3 cm³/mol. The summed E-state index contributed by atoms with van der Waals surface area (Å²) in [7, 11) is 0. The van der Waals surface area contributed by atoms with Crippen molar-refractivity contribution in [2.24, 2.45) is 5.73 Å². The van der Waals surface area contributed by atoms with E-state index in [4.69, 9.17) is 10.3 Å². The van der Waals surface area contributed by atoms with E-state index in [0.29, 0.717) is 35.9 Å². The summed E-state index contributed by atoms with van der Waals surface area (Å²) in [5.74, 6) is 0.752. The van der Waals surface area contributed by atoms with Gasteiger partial charge in [-0.2, -0.15) is 4.98 Å². The Morgan fingerprint density at radius 1 is 1.33 bits per heavy atom. The van der Waals surface area contributed by atoms with Gasteiger partial charge in [0.15, 0.2) is 5.82 Å². The number of nitrogens with zero attached hydrogens (tertiary/aromatic N) is 2. The first kappa shape index (κ1) is 17.1. The van der Waals surface area contributed by atoms with Crippen LogP contribution in [0.25, 0.3) is 11.5 Å². The number of rotatable bonds is 6. The van der Waals surface area contributed by atoms with Crippen molar-refractivity contribution in [3.63, 3.8) is 0 Å². The molecule has 0 aliphatic carbocycles. The molecule has 2 rings (SSSR count). The molecule has 1 heterocycles. The topological polar surface area (TPSA) is 94.0 Å². The Hall–Kier alpha value is -1.92. The van der Waals surface area contributed by atoms with Crippen LogP contribution in [0.5, 0.6) is 0 Å². The fourth-order valence-electron chi connectivity index (χ4n) is 1.84. The second-order valence-corrected chi connectivity index (χ2v) is 4.44. The van der Waals surface area contributed by atoms with Crippen molar-refractivity contribution in [1.82, 2.24) is 15.5 Å². The third kappa shape index (κ3) is 4.54. The Bertz CT molecular complexity index is 586. The molecule has 0 spiro atoms. The highest BCUT2D eigenvalue weighted by Crippen LogP contribution is 2.21. The molecule has 0 bridgehead atoms.